The lowest BCUT2D eigenvalue weighted by atomic mass is 9.92. The standard InChI is InChI=1S/C27H25F3N4O5/c1-2-38-26(37)34-10-9-15-7-8-20(13-21(15)22(34)14-39-25(36)27(28,29)30)33-24(35)19-6-4-16-11-18(23(31)32)5-3-17(16)12-19/h3-8,11-13,22H,2,9-10,14H2,1H3,(H3,31,32)(H,33,35). The summed E-state index contributed by atoms with van der Waals surface area (Å²) in [5.74, 6) is -2.88. The Balaban J connectivity index is 1.59. The zero-order chi connectivity index (χ0) is 28.3. The van der Waals surface area contributed by atoms with E-state index in [0.29, 0.717) is 28.8 Å². The highest BCUT2D eigenvalue weighted by Crippen LogP contribution is 2.33. The summed E-state index contributed by atoms with van der Waals surface area (Å²) in [6.07, 6.45) is -5.55. The molecule has 9 nitrogen and oxygen atoms in total. The maximum atomic E-state index is 13.0. The number of amidine groups is 1. The summed E-state index contributed by atoms with van der Waals surface area (Å²) >= 11 is 0. The minimum atomic E-state index is -5.18. The van der Waals surface area contributed by atoms with Gasteiger partial charge in [-0.05, 0) is 65.6 Å². The minimum Gasteiger partial charge on any atom is -0.456 e. The lowest BCUT2D eigenvalue weighted by molar-refractivity contribution is -0.201. The number of hydrogen-bond donors (Lipinski definition) is 3. The van der Waals surface area contributed by atoms with E-state index in [1.165, 1.54) is 4.90 Å². The molecular weight excluding hydrogens is 517 g/mol. The molecule has 0 bridgehead atoms. The van der Waals surface area contributed by atoms with Crippen LogP contribution < -0.4 is 11.1 Å². The van der Waals surface area contributed by atoms with Gasteiger partial charge >= 0.3 is 18.2 Å². The summed E-state index contributed by atoms with van der Waals surface area (Å²) in [5, 5.41) is 11.9. The fourth-order valence-electron chi connectivity index (χ4n) is 4.37. The molecule has 1 atom stereocenters. The number of rotatable bonds is 6. The van der Waals surface area contributed by atoms with E-state index < -0.39 is 36.8 Å². The number of nitrogens with two attached hydrogens (primary N) is 1. The minimum absolute atomic E-state index is 0.0508. The third kappa shape index (κ3) is 6.11. The van der Waals surface area contributed by atoms with Crippen molar-refractivity contribution in [1.29, 1.82) is 5.41 Å². The van der Waals surface area contributed by atoms with Crippen molar-refractivity contribution in [1.82, 2.24) is 4.90 Å². The molecule has 1 heterocycles. The van der Waals surface area contributed by atoms with E-state index in [1.807, 2.05) is 0 Å². The molecular formula is C27H25F3N4O5. The van der Waals surface area contributed by atoms with Crippen LogP contribution in [0.1, 0.15) is 40.0 Å². The number of ether oxygens (including phenoxy) is 2. The van der Waals surface area contributed by atoms with E-state index in [0.717, 1.165) is 16.3 Å². The van der Waals surface area contributed by atoms with Crippen LogP contribution in [-0.4, -0.2) is 54.6 Å². The highest BCUT2D eigenvalue weighted by molar-refractivity contribution is 6.07. The number of halogens is 3. The molecule has 0 saturated carbocycles. The number of fused-ring (bicyclic) bond motifs is 2. The number of carbonyl (C=O) groups excluding carboxylic acids is 3. The summed E-state index contributed by atoms with van der Waals surface area (Å²) in [4.78, 5) is 38.1. The first kappa shape index (κ1) is 27.4. The van der Waals surface area contributed by atoms with Crippen molar-refractivity contribution in [2.24, 2.45) is 5.73 Å². The normalized spacial score (nSPS) is 14.9. The van der Waals surface area contributed by atoms with Gasteiger partial charge in [-0.1, -0.05) is 24.3 Å². The van der Waals surface area contributed by atoms with Gasteiger partial charge in [-0.25, -0.2) is 9.59 Å². The Bertz CT molecular complexity index is 1460. The van der Waals surface area contributed by atoms with Gasteiger partial charge in [-0.3, -0.25) is 15.1 Å². The third-order valence-corrected chi connectivity index (χ3v) is 6.28. The van der Waals surface area contributed by atoms with E-state index >= 15 is 0 Å². The summed E-state index contributed by atoms with van der Waals surface area (Å²) in [6, 6.07) is 14.0. The van der Waals surface area contributed by atoms with Crippen molar-refractivity contribution in [2.45, 2.75) is 25.6 Å². The quantitative estimate of drug-likeness (QED) is 0.238. The highest BCUT2D eigenvalue weighted by Gasteiger charge is 2.42. The molecule has 4 N–H and O–H groups in total. The van der Waals surface area contributed by atoms with Gasteiger partial charge in [0.15, 0.2) is 0 Å². The predicted octanol–water partition coefficient (Wildman–Crippen LogP) is 4.54. The van der Waals surface area contributed by atoms with Crippen molar-refractivity contribution in [3.8, 4) is 0 Å². The Morgan fingerprint density at radius 1 is 1.03 bits per heavy atom. The zero-order valence-corrected chi connectivity index (χ0v) is 20.8. The predicted molar refractivity (Wildman–Crippen MR) is 137 cm³/mol. The molecule has 3 aromatic rings. The fraction of sp³-hybridized carbons (Fsp3) is 0.259. The van der Waals surface area contributed by atoms with Gasteiger partial charge in [0.1, 0.15) is 12.4 Å². The number of hydrogen-bond acceptors (Lipinski definition) is 6. The lowest BCUT2D eigenvalue weighted by Crippen LogP contribution is -2.43. The number of alkyl halides is 3. The summed E-state index contributed by atoms with van der Waals surface area (Å²) in [6.45, 7) is 1.05. The molecule has 204 valence electrons. The second kappa shape index (κ2) is 11.0. The van der Waals surface area contributed by atoms with Crippen molar-refractivity contribution in [2.75, 3.05) is 25.1 Å². The van der Waals surface area contributed by atoms with E-state index in [1.54, 1.807) is 61.5 Å². The second-order valence-corrected chi connectivity index (χ2v) is 8.81. The third-order valence-electron chi connectivity index (χ3n) is 6.28. The summed E-state index contributed by atoms with van der Waals surface area (Å²) in [7, 11) is 0. The molecule has 0 radical (unpaired) electrons. The van der Waals surface area contributed by atoms with Gasteiger partial charge in [0.05, 0.1) is 12.6 Å². The summed E-state index contributed by atoms with van der Waals surface area (Å²) in [5.41, 5.74) is 7.93. The van der Waals surface area contributed by atoms with Crippen LogP contribution in [-0.2, 0) is 20.7 Å². The first-order valence-electron chi connectivity index (χ1n) is 12.0. The first-order valence-corrected chi connectivity index (χ1v) is 12.0. The average Bonchev–Trinajstić information content (AvgIpc) is 2.90. The Morgan fingerprint density at radius 2 is 1.69 bits per heavy atom. The monoisotopic (exact) mass is 542 g/mol. The van der Waals surface area contributed by atoms with Crippen LogP contribution in [0.3, 0.4) is 0 Å². The number of nitrogens with one attached hydrogen (secondary N) is 2. The van der Waals surface area contributed by atoms with Crippen molar-refractivity contribution >= 4 is 40.3 Å². The van der Waals surface area contributed by atoms with Crippen LogP contribution in [0.2, 0.25) is 0 Å². The van der Waals surface area contributed by atoms with Crippen molar-refractivity contribution < 1.29 is 37.0 Å². The SMILES string of the molecule is CCOC(=O)N1CCc2ccc(NC(=O)c3ccc4cc(C(=N)N)ccc4c3)cc2C1COC(=O)C(F)(F)F. The Kier molecular flexibility index (Phi) is 7.75. The number of amides is 2. The van der Waals surface area contributed by atoms with Crippen LogP contribution in [0.4, 0.5) is 23.7 Å². The molecule has 0 aliphatic carbocycles. The van der Waals surface area contributed by atoms with Gasteiger partial charge in [-0.15, -0.1) is 0 Å². The van der Waals surface area contributed by atoms with Crippen LogP contribution in [0.25, 0.3) is 10.8 Å². The molecule has 3 aromatic carbocycles. The molecule has 0 aromatic heterocycles. The van der Waals surface area contributed by atoms with Gasteiger partial charge < -0.3 is 20.5 Å². The first-order chi connectivity index (χ1) is 18.5. The van der Waals surface area contributed by atoms with Crippen LogP contribution in [0, 0.1) is 5.41 Å². The van der Waals surface area contributed by atoms with Gasteiger partial charge in [0.25, 0.3) is 5.91 Å². The molecule has 0 saturated heterocycles. The average molecular weight is 543 g/mol. The summed E-state index contributed by atoms with van der Waals surface area (Å²) < 4.78 is 47.8. The van der Waals surface area contributed by atoms with E-state index in [9.17, 15) is 27.6 Å². The van der Waals surface area contributed by atoms with Crippen LogP contribution in [0.5, 0.6) is 0 Å². The van der Waals surface area contributed by atoms with Gasteiger partial charge in [-0.2, -0.15) is 13.2 Å². The number of carbonyl (C=O) groups is 3. The lowest BCUT2D eigenvalue weighted by Gasteiger charge is -2.36. The van der Waals surface area contributed by atoms with E-state index in [2.05, 4.69) is 10.1 Å². The highest BCUT2D eigenvalue weighted by atomic mass is 19.4. The molecule has 0 fully saturated rings. The zero-order valence-electron chi connectivity index (χ0n) is 20.8. The van der Waals surface area contributed by atoms with E-state index in [-0.39, 0.29) is 19.0 Å². The maximum absolute atomic E-state index is 13.0. The van der Waals surface area contributed by atoms with Gasteiger partial charge in [0, 0.05) is 23.4 Å². The van der Waals surface area contributed by atoms with Crippen molar-refractivity contribution in [3.05, 3.63) is 76.9 Å². The number of nitrogen functional groups attached to an aromatic ring is 1. The molecule has 1 aliphatic heterocycles. The maximum Gasteiger partial charge on any atom is 0.490 e. The Labute approximate surface area is 221 Å². The fourth-order valence-corrected chi connectivity index (χ4v) is 4.37. The number of benzene rings is 3. The molecule has 1 aliphatic rings. The molecule has 4 rings (SSSR count). The Morgan fingerprint density at radius 3 is 2.33 bits per heavy atom. The van der Waals surface area contributed by atoms with Gasteiger partial charge in [0.2, 0.25) is 0 Å². The largest absolute Gasteiger partial charge is 0.490 e. The van der Waals surface area contributed by atoms with Crippen LogP contribution >= 0.6 is 0 Å². The Hall–Kier alpha value is -4.61. The van der Waals surface area contributed by atoms with Crippen LogP contribution in [0.15, 0.2) is 54.6 Å². The van der Waals surface area contributed by atoms with Crippen molar-refractivity contribution in [3.63, 3.8) is 0 Å². The number of esters is 1. The van der Waals surface area contributed by atoms with E-state index in [4.69, 9.17) is 15.9 Å². The number of anilines is 1. The molecule has 0 spiro atoms. The molecule has 1 unspecified atom stereocenters. The topological polar surface area (TPSA) is 135 Å². The molecule has 12 heteroatoms. The number of nitrogens with zero attached hydrogens (tertiary/aromatic N) is 1. The smallest absolute Gasteiger partial charge is 0.456 e. The molecule has 39 heavy (non-hydrogen) atoms. The second-order valence-electron chi connectivity index (χ2n) is 8.81. The molecule has 2 amide bonds.